The Hall–Kier alpha value is -2.88. The first kappa shape index (κ1) is 19.4. The largest absolute Gasteiger partial charge is 0.347 e. The Morgan fingerprint density at radius 2 is 2.24 bits per heavy atom. The van der Waals surface area contributed by atoms with E-state index in [1.54, 1.807) is 11.1 Å². The number of amides is 1. The van der Waals surface area contributed by atoms with Gasteiger partial charge in [0.25, 0.3) is 11.5 Å². The van der Waals surface area contributed by atoms with Crippen molar-refractivity contribution in [3.05, 3.63) is 38.9 Å². The summed E-state index contributed by atoms with van der Waals surface area (Å²) < 4.78 is 3.93. The van der Waals surface area contributed by atoms with E-state index in [1.807, 2.05) is 32.0 Å². The summed E-state index contributed by atoms with van der Waals surface area (Å²) in [4.78, 5) is 41.5. The van der Waals surface area contributed by atoms with Crippen LogP contribution in [0.4, 0.5) is 5.95 Å². The number of fused-ring (bicyclic) bond motifs is 1. The number of aromatic nitrogens is 5. The van der Waals surface area contributed by atoms with E-state index in [4.69, 9.17) is 0 Å². The van der Waals surface area contributed by atoms with Gasteiger partial charge in [-0.1, -0.05) is 11.4 Å². The second-order valence-corrected chi connectivity index (χ2v) is 8.16. The lowest BCUT2D eigenvalue weighted by molar-refractivity contribution is 0.0709. The molecule has 1 amide bonds. The van der Waals surface area contributed by atoms with E-state index >= 15 is 0 Å². The topological polar surface area (TPSA) is 108 Å². The van der Waals surface area contributed by atoms with E-state index in [9.17, 15) is 9.59 Å². The fraction of sp³-hybridized carbons (Fsp3) is 0.474. The van der Waals surface area contributed by atoms with Crippen LogP contribution in [0.25, 0.3) is 10.9 Å². The number of piperidine rings is 1. The maximum Gasteiger partial charge on any atom is 0.267 e. The number of nitrogens with zero attached hydrogens (tertiary/aromatic N) is 6. The van der Waals surface area contributed by atoms with Gasteiger partial charge in [-0.05, 0) is 36.9 Å². The summed E-state index contributed by atoms with van der Waals surface area (Å²) in [5, 5.41) is 4.52. The lowest BCUT2D eigenvalue weighted by Crippen LogP contribution is -2.39. The quantitative estimate of drug-likeness (QED) is 0.695. The van der Waals surface area contributed by atoms with Gasteiger partial charge in [0.2, 0.25) is 5.95 Å². The second-order valence-electron chi connectivity index (χ2n) is 7.41. The molecular formula is C19H23N7O2S. The first-order valence-electron chi connectivity index (χ1n) is 9.65. The molecule has 1 fully saturated rings. The highest BCUT2D eigenvalue weighted by molar-refractivity contribution is 7.08. The number of hydrogen-bond donors (Lipinski definition) is 1. The van der Waals surface area contributed by atoms with Crippen LogP contribution in [0.2, 0.25) is 0 Å². The molecule has 1 N–H and O–H groups in total. The van der Waals surface area contributed by atoms with Crippen molar-refractivity contribution in [3.8, 4) is 0 Å². The van der Waals surface area contributed by atoms with Crippen molar-refractivity contribution in [2.24, 2.45) is 0 Å². The molecule has 0 bridgehead atoms. The Bertz CT molecular complexity index is 1110. The number of aryl methyl sites for hydroxylation is 1. The highest BCUT2D eigenvalue weighted by Crippen LogP contribution is 2.28. The first-order valence-corrected chi connectivity index (χ1v) is 10.4. The van der Waals surface area contributed by atoms with Crippen molar-refractivity contribution in [3.63, 3.8) is 0 Å². The Balaban J connectivity index is 1.63. The maximum atomic E-state index is 13.0. The zero-order valence-corrected chi connectivity index (χ0v) is 17.5. The van der Waals surface area contributed by atoms with E-state index in [1.165, 1.54) is 0 Å². The molecule has 9 nitrogen and oxygen atoms in total. The fourth-order valence-corrected chi connectivity index (χ4v) is 4.37. The van der Waals surface area contributed by atoms with Crippen molar-refractivity contribution in [1.29, 1.82) is 0 Å². The molecule has 0 spiro atoms. The first-order chi connectivity index (χ1) is 14.0. The monoisotopic (exact) mass is 413 g/mol. The van der Waals surface area contributed by atoms with Gasteiger partial charge in [-0.15, -0.1) is 5.10 Å². The van der Waals surface area contributed by atoms with Gasteiger partial charge in [0, 0.05) is 45.0 Å². The molecule has 0 radical (unpaired) electrons. The van der Waals surface area contributed by atoms with Crippen molar-refractivity contribution in [1.82, 2.24) is 29.4 Å². The number of aromatic amines is 1. The third kappa shape index (κ3) is 3.71. The summed E-state index contributed by atoms with van der Waals surface area (Å²) in [5.41, 5.74) is 1.97. The molecule has 1 aliphatic rings. The zero-order valence-electron chi connectivity index (χ0n) is 16.7. The van der Waals surface area contributed by atoms with Crippen LogP contribution in [0.5, 0.6) is 0 Å². The lowest BCUT2D eigenvalue weighted by atomic mass is 9.93. The smallest absolute Gasteiger partial charge is 0.267 e. The molecule has 4 rings (SSSR count). The summed E-state index contributed by atoms with van der Waals surface area (Å²) in [5.74, 6) is 0.578. The van der Waals surface area contributed by atoms with Crippen LogP contribution in [-0.4, -0.2) is 62.5 Å². The summed E-state index contributed by atoms with van der Waals surface area (Å²) in [6.45, 7) is 3.21. The number of rotatable bonds is 4. The SMILES string of the molecule is CCc1nnsc1C(=O)N1CCC[C@@H](c2cc3nc(N(C)C)ncc3c(=O)[nH]2)C1. The molecule has 0 saturated carbocycles. The highest BCUT2D eigenvalue weighted by atomic mass is 32.1. The number of pyridine rings is 1. The summed E-state index contributed by atoms with van der Waals surface area (Å²) in [7, 11) is 3.72. The third-order valence-electron chi connectivity index (χ3n) is 5.23. The van der Waals surface area contributed by atoms with Crippen LogP contribution >= 0.6 is 11.5 Å². The van der Waals surface area contributed by atoms with Crippen molar-refractivity contribution in [2.45, 2.75) is 32.1 Å². The van der Waals surface area contributed by atoms with E-state index in [2.05, 4.69) is 24.5 Å². The molecule has 3 aromatic heterocycles. The van der Waals surface area contributed by atoms with Crippen LogP contribution in [0.15, 0.2) is 17.1 Å². The number of H-pyrrole nitrogens is 1. The van der Waals surface area contributed by atoms with Gasteiger partial charge in [0.1, 0.15) is 4.88 Å². The minimum Gasteiger partial charge on any atom is -0.347 e. The average Bonchev–Trinajstić information content (AvgIpc) is 3.21. The number of anilines is 1. The Morgan fingerprint density at radius 3 is 3.00 bits per heavy atom. The summed E-state index contributed by atoms with van der Waals surface area (Å²) in [6.07, 6.45) is 4.01. The molecule has 1 atom stereocenters. The molecule has 4 heterocycles. The Morgan fingerprint density at radius 1 is 1.41 bits per heavy atom. The van der Waals surface area contributed by atoms with Crippen LogP contribution in [0.3, 0.4) is 0 Å². The molecule has 0 unspecified atom stereocenters. The molecule has 152 valence electrons. The van der Waals surface area contributed by atoms with E-state index in [-0.39, 0.29) is 17.4 Å². The van der Waals surface area contributed by atoms with E-state index in [0.29, 0.717) is 41.2 Å². The number of carbonyl (C=O) groups is 1. The van der Waals surface area contributed by atoms with Gasteiger partial charge >= 0.3 is 0 Å². The van der Waals surface area contributed by atoms with Gasteiger partial charge in [-0.25, -0.2) is 9.97 Å². The van der Waals surface area contributed by atoms with Crippen LogP contribution in [-0.2, 0) is 6.42 Å². The van der Waals surface area contributed by atoms with Crippen LogP contribution in [0.1, 0.15) is 46.7 Å². The van der Waals surface area contributed by atoms with Gasteiger partial charge < -0.3 is 14.8 Å². The maximum absolute atomic E-state index is 13.0. The highest BCUT2D eigenvalue weighted by Gasteiger charge is 2.29. The second kappa shape index (κ2) is 7.86. The Labute approximate surface area is 172 Å². The predicted octanol–water partition coefficient (Wildman–Crippen LogP) is 1.82. The molecule has 3 aromatic rings. The Kier molecular flexibility index (Phi) is 5.27. The van der Waals surface area contributed by atoms with Gasteiger partial charge in [0.05, 0.1) is 16.6 Å². The van der Waals surface area contributed by atoms with Gasteiger partial charge in [-0.2, -0.15) is 0 Å². The molecule has 0 aliphatic carbocycles. The van der Waals surface area contributed by atoms with Crippen molar-refractivity contribution < 1.29 is 4.79 Å². The van der Waals surface area contributed by atoms with E-state index < -0.39 is 0 Å². The van der Waals surface area contributed by atoms with Gasteiger partial charge in [0.15, 0.2) is 0 Å². The van der Waals surface area contributed by atoms with Crippen molar-refractivity contribution in [2.75, 3.05) is 32.1 Å². The third-order valence-corrected chi connectivity index (χ3v) is 5.99. The fourth-order valence-electron chi connectivity index (χ4n) is 3.65. The standard InChI is InChI=1S/C19H23N7O2S/c1-4-13-16(29-24-23-13)18(28)26-7-5-6-11(10-26)14-8-15-12(17(27)21-14)9-20-19(22-15)25(2)3/h8-9,11H,4-7,10H2,1-3H3,(H,21,27)/t11-/m1/s1. The van der Waals surface area contributed by atoms with E-state index in [0.717, 1.165) is 35.8 Å². The molecule has 29 heavy (non-hydrogen) atoms. The average molecular weight is 414 g/mol. The molecule has 1 saturated heterocycles. The lowest BCUT2D eigenvalue weighted by Gasteiger charge is -2.32. The summed E-state index contributed by atoms with van der Waals surface area (Å²) in [6, 6.07) is 1.91. The summed E-state index contributed by atoms with van der Waals surface area (Å²) >= 11 is 1.15. The van der Waals surface area contributed by atoms with Crippen LogP contribution in [0, 0.1) is 0 Å². The molecule has 1 aliphatic heterocycles. The normalized spacial score (nSPS) is 16.9. The zero-order chi connectivity index (χ0) is 20.5. The molecular weight excluding hydrogens is 390 g/mol. The molecule has 10 heteroatoms. The van der Waals surface area contributed by atoms with Gasteiger partial charge in [-0.3, -0.25) is 9.59 Å². The van der Waals surface area contributed by atoms with Crippen LogP contribution < -0.4 is 10.5 Å². The predicted molar refractivity (Wildman–Crippen MR) is 112 cm³/mol. The number of likely N-dealkylation sites (tertiary alicyclic amines) is 1. The number of hydrogen-bond acceptors (Lipinski definition) is 8. The minimum atomic E-state index is -0.203. The minimum absolute atomic E-state index is 0.0260. The van der Waals surface area contributed by atoms with Crippen molar-refractivity contribution >= 4 is 34.3 Å². The number of carbonyl (C=O) groups excluding carboxylic acids is 1. The number of nitrogens with one attached hydrogen (secondary N) is 1. The molecule has 0 aromatic carbocycles.